The van der Waals surface area contributed by atoms with Gasteiger partial charge in [-0.2, -0.15) is 0 Å². The van der Waals surface area contributed by atoms with E-state index in [2.05, 4.69) is 13.8 Å². The fraction of sp³-hybridized carbons (Fsp3) is 1.00. The molecule has 0 aliphatic rings. The Morgan fingerprint density at radius 3 is 2.22 bits per heavy atom. The summed E-state index contributed by atoms with van der Waals surface area (Å²) < 4.78 is 1.50. The second-order valence-corrected chi connectivity index (χ2v) is 4.24. The third kappa shape index (κ3) is 9.00. The summed E-state index contributed by atoms with van der Waals surface area (Å²) in [5.41, 5.74) is 0. The van der Waals surface area contributed by atoms with E-state index in [1.165, 1.54) is 57.3 Å². The maximum atomic E-state index is 2.31. The van der Waals surface area contributed by atoms with Crippen molar-refractivity contribution in [2.24, 2.45) is 5.92 Å². The Morgan fingerprint density at radius 2 is 1.78 bits per heavy atom. The molecule has 0 spiro atoms. The average Bonchev–Trinajstić information content (AvgIpc) is 1.80. The summed E-state index contributed by atoms with van der Waals surface area (Å²) in [6, 6.07) is 0. The molecule has 0 fully saturated rings. The van der Waals surface area contributed by atoms with E-state index in [1.807, 2.05) is 0 Å². The van der Waals surface area contributed by atoms with Gasteiger partial charge in [0.2, 0.25) is 0 Å². The summed E-state index contributed by atoms with van der Waals surface area (Å²) in [6.45, 7) is 4.61. The molecular weight excluding hydrogens is 119 g/mol. The van der Waals surface area contributed by atoms with Crippen LogP contribution in [0.4, 0.5) is 0 Å². The van der Waals surface area contributed by atoms with Gasteiger partial charge in [-0.25, -0.2) is 0 Å². The van der Waals surface area contributed by atoms with Crippen molar-refractivity contribution in [1.29, 1.82) is 0 Å². The van der Waals surface area contributed by atoms with Crippen LogP contribution in [-0.2, 0) is 0 Å². The van der Waals surface area contributed by atoms with Crippen molar-refractivity contribution in [3.63, 3.8) is 0 Å². The van der Waals surface area contributed by atoms with Crippen molar-refractivity contribution in [2.75, 3.05) is 0 Å². The minimum absolute atomic E-state index is 0.916. The van der Waals surface area contributed by atoms with Gasteiger partial charge in [-0.05, 0) is 0 Å². The fourth-order valence-electron chi connectivity index (χ4n) is 0.979. The normalized spacial score (nSPS) is 10.8. The molecular formula is C8H17Na. The first kappa shape index (κ1) is 10.0. The molecule has 0 bridgehead atoms. The van der Waals surface area contributed by atoms with Crippen LogP contribution in [0.2, 0.25) is 3.67 Å². The van der Waals surface area contributed by atoms with Crippen LogP contribution in [0.5, 0.6) is 0 Å². The Balaban J connectivity index is 2.75. The molecule has 1 heteroatoms. The summed E-state index contributed by atoms with van der Waals surface area (Å²) in [6.07, 6.45) is 5.85. The Bertz CT molecular complexity index is 50.5. The second-order valence-electron chi connectivity index (χ2n) is 3.24. The molecule has 0 amide bonds. The van der Waals surface area contributed by atoms with E-state index in [9.17, 15) is 0 Å². The zero-order chi connectivity index (χ0) is 7.11. The van der Waals surface area contributed by atoms with Crippen LogP contribution < -0.4 is 0 Å². The first-order chi connectivity index (χ1) is 4.27. The Morgan fingerprint density at radius 1 is 1.11 bits per heavy atom. The monoisotopic (exact) mass is 136 g/mol. The third-order valence-electron chi connectivity index (χ3n) is 1.64. The Labute approximate surface area is 76.8 Å². The van der Waals surface area contributed by atoms with Crippen LogP contribution in [0.3, 0.4) is 0 Å². The molecule has 0 rings (SSSR count). The summed E-state index contributed by atoms with van der Waals surface area (Å²) >= 11 is 1.40. The maximum absolute atomic E-state index is 2.31. The van der Waals surface area contributed by atoms with Gasteiger partial charge in [0.15, 0.2) is 0 Å². The van der Waals surface area contributed by atoms with Gasteiger partial charge in [-0.15, -0.1) is 0 Å². The third-order valence-corrected chi connectivity index (χ3v) is 2.34. The molecule has 9 heavy (non-hydrogen) atoms. The van der Waals surface area contributed by atoms with Crippen molar-refractivity contribution in [1.82, 2.24) is 0 Å². The quantitative estimate of drug-likeness (QED) is 0.402. The number of rotatable bonds is 5. The van der Waals surface area contributed by atoms with E-state index < -0.39 is 0 Å². The minimum atomic E-state index is 0.916. The van der Waals surface area contributed by atoms with Crippen LogP contribution in [0.1, 0.15) is 39.5 Å². The van der Waals surface area contributed by atoms with Crippen LogP contribution in [0.15, 0.2) is 0 Å². The van der Waals surface area contributed by atoms with E-state index in [0.29, 0.717) is 0 Å². The SMILES string of the molecule is CC(C)CCCC[CH2][Na]. The second kappa shape index (κ2) is 7.11. The van der Waals surface area contributed by atoms with Gasteiger partial charge in [-0.1, -0.05) is 0 Å². The van der Waals surface area contributed by atoms with Gasteiger partial charge < -0.3 is 0 Å². The van der Waals surface area contributed by atoms with Gasteiger partial charge in [0.25, 0.3) is 0 Å². The zero-order valence-electron chi connectivity index (χ0n) is 7.11. The fourth-order valence-corrected chi connectivity index (χ4v) is 1.48. The average molecular weight is 136 g/mol. The van der Waals surface area contributed by atoms with Crippen LogP contribution >= 0.6 is 0 Å². The molecule has 0 heterocycles. The molecule has 0 nitrogen and oxygen atoms in total. The molecule has 0 aliphatic heterocycles. The molecule has 0 atom stereocenters. The Hall–Kier alpha value is 1.00. The van der Waals surface area contributed by atoms with Gasteiger partial charge in [0, 0.05) is 0 Å². The number of unbranched alkanes of at least 4 members (excludes halogenated alkanes) is 2. The molecule has 0 radical (unpaired) electrons. The van der Waals surface area contributed by atoms with Crippen molar-refractivity contribution >= 4 is 27.9 Å². The number of hydrogen-bond donors (Lipinski definition) is 0. The Kier molecular flexibility index (Phi) is 7.90. The van der Waals surface area contributed by atoms with Gasteiger partial charge in [0.1, 0.15) is 0 Å². The van der Waals surface area contributed by atoms with Crippen LogP contribution in [0, 0.1) is 5.92 Å². The first-order valence-corrected chi connectivity index (χ1v) is 5.68. The summed E-state index contributed by atoms with van der Waals surface area (Å²) in [4.78, 5) is 0. The van der Waals surface area contributed by atoms with Gasteiger partial charge in [-0.3, -0.25) is 0 Å². The molecule has 0 unspecified atom stereocenters. The van der Waals surface area contributed by atoms with Crippen LogP contribution in [0.25, 0.3) is 0 Å². The molecule has 0 saturated carbocycles. The van der Waals surface area contributed by atoms with Gasteiger partial charge in [0.05, 0.1) is 0 Å². The summed E-state index contributed by atoms with van der Waals surface area (Å²) in [5, 5.41) is 0. The van der Waals surface area contributed by atoms with Crippen LogP contribution in [-0.4, -0.2) is 27.9 Å². The van der Waals surface area contributed by atoms with Crippen molar-refractivity contribution in [3.05, 3.63) is 0 Å². The van der Waals surface area contributed by atoms with E-state index in [-0.39, 0.29) is 0 Å². The van der Waals surface area contributed by atoms with Crippen molar-refractivity contribution < 1.29 is 0 Å². The van der Waals surface area contributed by atoms with Gasteiger partial charge >= 0.3 is 77.0 Å². The molecule has 50 valence electrons. The number of hydrogen-bond acceptors (Lipinski definition) is 0. The summed E-state index contributed by atoms with van der Waals surface area (Å²) in [5.74, 6) is 0.916. The molecule has 0 aromatic carbocycles. The molecule has 0 aliphatic carbocycles. The molecule has 0 aromatic heterocycles. The molecule has 0 aromatic rings. The standard InChI is InChI=1S/C8H17.Na/c1-4-5-6-7-8(2)3;/h8H,1,4-7H2,2-3H3;. The predicted molar refractivity (Wildman–Crippen MR) is 43.9 cm³/mol. The van der Waals surface area contributed by atoms with E-state index in [4.69, 9.17) is 0 Å². The zero-order valence-corrected chi connectivity index (χ0v) is 9.11. The predicted octanol–water partition coefficient (Wildman–Crippen LogP) is 2.79. The first-order valence-electron chi connectivity index (χ1n) is 4.27. The van der Waals surface area contributed by atoms with E-state index >= 15 is 0 Å². The molecule has 0 N–H and O–H groups in total. The van der Waals surface area contributed by atoms with Crippen molar-refractivity contribution in [3.8, 4) is 0 Å². The van der Waals surface area contributed by atoms with E-state index in [1.54, 1.807) is 0 Å². The topological polar surface area (TPSA) is 0 Å². The molecule has 0 saturated heterocycles. The summed E-state index contributed by atoms with van der Waals surface area (Å²) in [7, 11) is 0. The van der Waals surface area contributed by atoms with E-state index in [0.717, 1.165) is 5.92 Å². The van der Waals surface area contributed by atoms with Crippen molar-refractivity contribution in [2.45, 2.75) is 43.2 Å².